The first-order valence-electron chi connectivity index (χ1n) is 10.8. The molecule has 2 aromatic rings. The minimum Gasteiger partial charge on any atom is -0.355 e. The molecule has 0 radical (unpaired) electrons. The van der Waals surface area contributed by atoms with E-state index >= 15 is 0 Å². The SMILES string of the molecule is CC(=O)NCCNC(=O)c1ccc(NC(=O)c2ccc(S(=O)(=O)N3CCCCC3)cc2)cc1. The van der Waals surface area contributed by atoms with Crippen LogP contribution in [-0.4, -0.2) is 56.6 Å². The zero-order valence-electron chi connectivity index (χ0n) is 18.5. The van der Waals surface area contributed by atoms with Crippen molar-refractivity contribution in [3.63, 3.8) is 0 Å². The Labute approximate surface area is 193 Å². The van der Waals surface area contributed by atoms with Gasteiger partial charge in [0.05, 0.1) is 4.90 Å². The molecular weight excluding hydrogens is 444 g/mol. The molecule has 0 saturated carbocycles. The summed E-state index contributed by atoms with van der Waals surface area (Å²) in [5, 5.41) is 8.01. The van der Waals surface area contributed by atoms with Crippen molar-refractivity contribution in [1.82, 2.24) is 14.9 Å². The zero-order chi connectivity index (χ0) is 23.8. The van der Waals surface area contributed by atoms with E-state index in [0.29, 0.717) is 43.0 Å². The molecule has 0 spiro atoms. The number of amides is 3. The van der Waals surface area contributed by atoms with E-state index in [0.717, 1.165) is 19.3 Å². The van der Waals surface area contributed by atoms with Gasteiger partial charge in [0.2, 0.25) is 15.9 Å². The molecule has 0 unspecified atom stereocenters. The Morgan fingerprint density at radius 1 is 0.788 bits per heavy atom. The summed E-state index contributed by atoms with van der Waals surface area (Å²) in [6.07, 6.45) is 2.75. The van der Waals surface area contributed by atoms with Crippen LogP contribution in [0.4, 0.5) is 5.69 Å². The Morgan fingerprint density at radius 2 is 1.33 bits per heavy atom. The van der Waals surface area contributed by atoms with E-state index in [1.165, 1.54) is 35.5 Å². The van der Waals surface area contributed by atoms with Crippen molar-refractivity contribution in [3.8, 4) is 0 Å². The second-order valence-corrected chi connectivity index (χ2v) is 9.70. The lowest BCUT2D eigenvalue weighted by atomic mass is 10.1. The van der Waals surface area contributed by atoms with Crippen molar-refractivity contribution in [1.29, 1.82) is 0 Å². The Hall–Kier alpha value is -3.24. The highest BCUT2D eigenvalue weighted by Gasteiger charge is 2.25. The number of carbonyl (C=O) groups excluding carboxylic acids is 3. The molecule has 1 heterocycles. The molecule has 10 heteroatoms. The Morgan fingerprint density at radius 3 is 1.94 bits per heavy atom. The number of nitrogens with one attached hydrogen (secondary N) is 3. The summed E-state index contributed by atoms with van der Waals surface area (Å²) < 4.78 is 27.0. The molecule has 9 nitrogen and oxygen atoms in total. The number of piperidine rings is 1. The van der Waals surface area contributed by atoms with Gasteiger partial charge in [-0.25, -0.2) is 8.42 Å². The molecule has 1 saturated heterocycles. The van der Waals surface area contributed by atoms with Gasteiger partial charge in [0.1, 0.15) is 0 Å². The first kappa shape index (κ1) is 24.4. The third kappa shape index (κ3) is 6.62. The first-order valence-corrected chi connectivity index (χ1v) is 12.3. The maximum Gasteiger partial charge on any atom is 0.255 e. The molecule has 3 amide bonds. The smallest absolute Gasteiger partial charge is 0.255 e. The summed E-state index contributed by atoms with van der Waals surface area (Å²) in [7, 11) is -3.55. The standard InChI is InChI=1S/C23H28N4O5S/c1-17(28)24-13-14-25-22(29)18-5-9-20(10-6-18)26-23(30)19-7-11-21(12-8-19)33(31,32)27-15-3-2-4-16-27/h5-12H,2-4,13-16H2,1H3,(H,24,28)(H,25,29)(H,26,30). The van der Waals surface area contributed by atoms with Crippen LogP contribution in [0.15, 0.2) is 53.4 Å². The van der Waals surface area contributed by atoms with E-state index in [-0.39, 0.29) is 22.6 Å². The first-order chi connectivity index (χ1) is 15.8. The van der Waals surface area contributed by atoms with Gasteiger partial charge in [-0.15, -0.1) is 0 Å². The van der Waals surface area contributed by atoms with Gasteiger partial charge in [0.15, 0.2) is 0 Å². The average molecular weight is 473 g/mol. The maximum absolute atomic E-state index is 12.7. The van der Waals surface area contributed by atoms with Crippen LogP contribution in [0.3, 0.4) is 0 Å². The minimum absolute atomic E-state index is 0.164. The summed E-state index contributed by atoms with van der Waals surface area (Å²) in [5.74, 6) is -0.837. The van der Waals surface area contributed by atoms with Crippen molar-refractivity contribution in [2.45, 2.75) is 31.1 Å². The fourth-order valence-electron chi connectivity index (χ4n) is 3.46. The summed E-state index contributed by atoms with van der Waals surface area (Å²) in [6.45, 7) is 3.09. The van der Waals surface area contributed by atoms with E-state index in [2.05, 4.69) is 16.0 Å². The van der Waals surface area contributed by atoms with Gasteiger partial charge in [0, 0.05) is 49.9 Å². The van der Waals surface area contributed by atoms with Gasteiger partial charge in [-0.2, -0.15) is 4.31 Å². The van der Waals surface area contributed by atoms with Gasteiger partial charge in [0.25, 0.3) is 11.8 Å². The van der Waals surface area contributed by atoms with E-state index in [1.54, 1.807) is 24.3 Å². The molecule has 3 rings (SSSR count). The van der Waals surface area contributed by atoms with Crippen molar-refractivity contribution < 1.29 is 22.8 Å². The van der Waals surface area contributed by atoms with Crippen LogP contribution in [0, 0.1) is 0 Å². The second-order valence-electron chi connectivity index (χ2n) is 7.76. The highest BCUT2D eigenvalue weighted by molar-refractivity contribution is 7.89. The Balaban J connectivity index is 1.56. The third-order valence-corrected chi connectivity index (χ3v) is 7.17. The van der Waals surface area contributed by atoms with Gasteiger partial charge >= 0.3 is 0 Å². The summed E-state index contributed by atoms with van der Waals surface area (Å²) >= 11 is 0. The zero-order valence-corrected chi connectivity index (χ0v) is 19.3. The Bertz CT molecular complexity index is 1090. The average Bonchev–Trinajstić information content (AvgIpc) is 2.82. The second kappa shape index (κ2) is 11.1. The monoisotopic (exact) mass is 472 g/mol. The number of hydrogen-bond donors (Lipinski definition) is 3. The molecular formula is C23H28N4O5S. The molecule has 33 heavy (non-hydrogen) atoms. The number of carbonyl (C=O) groups is 3. The fourth-order valence-corrected chi connectivity index (χ4v) is 4.97. The summed E-state index contributed by atoms with van der Waals surface area (Å²) in [6, 6.07) is 12.3. The number of nitrogens with zero attached hydrogens (tertiary/aromatic N) is 1. The van der Waals surface area contributed by atoms with E-state index in [9.17, 15) is 22.8 Å². The highest BCUT2D eigenvalue weighted by Crippen LogP contribution is 2.21. The lowest BCUT2D eigenvalue weighted by Crippen LogP contribution is -2.35. The van der Waals surface area contributed by atoms with Crippen LogP contribution in [-0.2, 0) is 14.8 Å². The molecule has 1 aliphatic rings. The number of sulfonamides is 1. The predicted molar refractivity (Wildman–Crippen MR) is 124 cm³/mol. The van der Waals surface area contributed by atoms with E-state index in [4.69, 9.17) is 0 Å². The van der Waals surface area contributed by atoms with Crippen LogP contribution < -0.4 is 16.0 Å². The van der Waals surface area contributed by atoms with Crippen LogP contribution in [0.2, 0.25) is 0 Å². The lowest BCUT2D eigenvalue weighted by Gasteiger charge is -2.25. The van der Waals surface area contributed by atoms with E-state index < -0.39 is 10.0 Å². The van der Waals surface area contributed by atoms with Crippen LogP contribution in [0.25, 0.3) is 0 Å². The summed E-state index contributed by atoms with van der Waals surface area (Å²) in [5.41, 5.74) is 1.25. The van der Waals surface area contributed by atoms with E-state index in [1.807, 2.05) is 0 Å². The molecule has 1 fully saturated rings. The molecule has 176 valence electrons. The quantitative estimate of drug-likeness (QED) is 0.507. The number of hydrogen-bond acceptors (Lipinski definition) is 5. The van der Waals surface area contributed by atoms with Crippen molar-refractivity contribution in [3.05, 3.63) is 59.7 Å². The number of benzene rings is 2. The van der Waals surface area contributed by atoms with Gasteiger partial charge in [-0.05, 0) is 61.4 Å². The molecule has 2 aromatic carbocycles. The topological polar surface area (TPSA) is 125 Å². The number of anilines is 1. The third-order valence-electron chi connectivity index (χ3n) is 5.26. The normalized spacial score (nSPS) is 14.3. The van der Waals surface area contributed by atoms with Gasteiger partial charge in [-0.3, -0.25) is 14.4 Å². The fraction of sp³-hybridized carbons (Fsp3) is 0.348. The van der Waals surface area contributed by atoms with Crippen molar-refractivity contribution in [2.75, 3.05) is 31.5 Å². The van der Waals surface area contributed by atoms with Gasteiger partial charge < -0.3 is 16.0 Å². The summed E-state index contributed by atoms with van der Waals surface area (Å²) in [4.78, 5) is 35.6. The van der Waals surface area contributed by atoms with Crippen LogP contribution in [0.1, 0.15) is 46.9 Å². The van der Waals surface area contributed by atoms with Crippen LogP contribution in [0.5, 0.6) is 0 Å². The maximum atomic E-state index is 12.7. The Kier molecular flexibility index (Phi) is 8.18. The van der Waals surface area contributed by atoms with Crippen molar-refractivity contribution >= 4 is 33.4 Å². The molecule has 0 atom stereocenters. The number of rotatable bonds is 8. The minimum atomic E-state index is -3.55. The largest absolute Gasteiger partial charge is 0.355 e. The van der Waals surface area contributed by atoms with Crippen LogP contribution >= 0.6 is 0 Å². The molecule has 0 bridgehead atoms. The molecule has 3 N–H and O–H groups in total. The predicted octanol–water partition coefficient (Wildman–Crippen LogP) is 1.98. The molecule has 0 aromatic heterocycles. The van der Waals surface area contributed by atoms with Gasteiger partial charge in [-0.1, -0.05) is 6.42 Å². The van der Waals surface area contributed by atoms with Crippen molar-refractivity contribution in [2.24, 2.45) is 0 Å². The molecule has 1 aliphatic heterocycles. The molecule has 0 aliphatic carbocycles. The highest BCUT2D eigenvalue weighted by atomic mass is 32.2. The lowest BCUT2D eigenvalue weighted by molar-refractivity contribution is -0.118.